The van der Waals surface area contributed by atoms with Gasteiger partial charge in [-0.15, -0.1) is 0 Å². The van der Waals surface area contributed by atoms with Gasteiger partial charge in [-0.05, 0) is 124 Å². The van der Waals surface area contributed by atoms with E-state index in [0.717, 1.165) is 22.7 Å². The van der Waals surface area contributed by atoms with Crippen LogP contribution >= 0.6 is 0 Å². The van der Waals surface area contributed by atoms with E-state index in [1.165, 1.54) is 121 Å². The molecule has 0 unspecified atom stereocenters. The van der Waals surface area contributed by atoms with Crippen molar-refractivity contribution in [2.24, 2.45) is 0 Å². The van der Waals surface area contributed by atoms with E-state index in [0.29, 0.717) is 0 Å². The fourth-order valence-electron chi connectivity index (χ4n) is 13.1. The Morgan fingerprint density at radius 3 is 0.861 bits per heavy atom. The van der Waals surface area contributed by atoms with Gasteiger partial charge < -0.3 is 9.80 Å². The molecule has 4 heteroatoms. The van der Waals surface area contributed by atoms with Crippen molar-refractivity contribution in [2.45, 2.75) is 41.5 Å². The van der Waals surface area contributed by atoms with Crippen LogP contribution < -0.4 is 42.6 Å². The first-order valence-electron chi connectivity index (χ1n) is 25.5. The lowest BCUT2D eigenvalue weighted by atomic mass is 9.37. The summed E-state index contributed by atoms with van der Waals surface area (Å²) in [6.07, 6.45) is 0. The van der Waals surface area contributed by atoms with Crippen molar-refractivity contribution < 1.29 is 0 Å². The topological polar surface area (TPSA) is 6.48 Å². The van der Waals surface area contributed by atoms with Crippen LogP contribution in [0.4, 0.5) is 34.1 Å². The number of anilines is 6. The van der Waals surface area contributed by atoms with Gasteiger partial charge in [-0.25, -0.2) is 0 Å². The zero-order chi connectivity index (χ0) is 48.8. The highest BCUT2D eigenvalue weighted by molar-refractivity contribution is 7.00. The number of fused-ring (bicyclic) bond motifs is 8. The SMILES string of the molecule is Cc1cc(C)c(B2c3ccccc3-c3cc4c(N(c5ccccc5)c5ccccc5)c5cc6c(cc5c(N(c5ccccc5)c5ccccc5)c4cc32)-c2ccccc2B6c2c(C)cc(C)cc2C)c(C)c1. The van der Waals surface area contributed by atoms with Crippen molar-refractivity contribution in [3.05, 3.63) is 252 Å². The number of nitrogens with zero attached hydrogens (tertiary/aromatic N) is 2. The average Bonchev–Trinajstić information content (AvgIpc) is 3.88. The maximum absolute atomic E-state index is 2.60. The van der Waals surface area contributed by atoms with Gasteiger partial charge in [0, 0.05) is 44.3 Å². The van der Waals surface area contributed by atoms with Crippen LogP contribution in [0, 0.1) is 41.5 Å². The zero-order valence-electron chi connectivity index (χ0n) is 41.8. The Kier molecular flexibility index (Phi) is 10.4. The molecule has 0 N–H and O–H groups in total. The van der Waals surface area contributed by atoms with E-state index in [9.17, 15) is 0 Å². The molecule has 2 nitrogen and oxygen atoms in total. The summed E-state index contributed by atoms with van der Waals surface area (Å²) in [6.45, 7) is 13.8. The van der Waals surface area contributed by atoms with Crippen molar-refractivity contribution in [1.29, 1.82) is 0 Å². The van der Waals surface area contributed by atoms with Gasteiger partial charge >= 0.3 is 0 Å². The lowest BCUT2D eigenvalue weighted by Crippen LogP contribution is -2.51. The van der Waals surface area contributed by atoms with Crippen LogP contribution in [0.25, 0.3) is 43.8 Å². The van der Waals surface area contributed by atoms with Crippen LogP contribution in [-0.4, -0.2) is 13.4 Å². The van der Waals surface area contributed by atoms with Gasteiger partial charge in [-0.2, -0.15) is 0 Å². The minimum atomic E-state index is 0.0584. The van der Waals surface area contributed by atoms with E-state index < -0.39 is 0 Å². The van der Waals surface area contributed by atoms with Gasteiger partial charge in [0.25, 0.3) is 0 Å². The molecule has 11 aromatic carbocycles. The molecule has 0 atom stereocenters. The second-order valence-electron chi connectivity index (χ2n) is 20.3. The van der Waals surface area contributed by atoms with E-state index in [-0.39, 0.29) is 13.4 Å². The maximum Gasteiger partial charge on any atom is 0.243 e. The molecule has 13 rings (SSSR count). The number of para-hydroxylation sites is 4. The largest absolute Gasteiger partial charge is 0.309 e. The molecular formula is C68H54B2N2. The third kappa shape index (κ3) is 6.88. The molecule has 0 saturated carbocycles. The van der Waals surface area contributed by atoms with Crippen molar-refractivity contribution in [1.82, 2.24) is 0 Å². The summed E-state index contributed by atoms with van der Waals surface area (Å²) in [4.78, 5) is 5.07. The monoisotopic (exact) mass is 920 g/mol. The molecule has 342 valence electrons. The van der Waals surface area contributed by atoms with Crippen LogP contribution in [0.15, 0.2) is 218 Å². The molecule has 11 aromatic rings. The summed E-state index contributed by atoms with van der Waals surface area (Å²) in [5, 5.41) is 4.80. The Hall–Kier alpha value is -8.33. The summed E-state index contributed by atoms with van der Waals surface area (Å²) in [6, 6.07) is 82.3. The van der Waals surface area contributed by atoms with E-state index in [1.54, 1.807) is 0 Å². The summed E-state index contributed by atoms with van der Waals surface area (Å²) in [7, 11) is 0. The van der Waals surface area contributed by atoms with Gasteiger partial charge in [0.1, 0.15) is 0 Å². The summed E-state index contributed by atoms with van der Waals surface area (Å²) in [5.41, 5.74) is 28.1. The lowest BCUT2D eigenvalue weighted by molar-refractivity contribution is 1.29. The summed E-state index contributed by atoms with van der Waals surface area (Å²) in [5.74, 6) is 0. The first-order valence-corrected chi connectivity index (χ1v) is 25.5. The van der Waals surface area contributed by atoms with Crippen LogP contribution in [0.5, 0.6) is 0 Å². The van der Waals surface area contributed by atoms with Gasteiger partial charge in [-0.1, -0.05) is 224 Å². The summed E-state index contributed by atoms with van der Waals surface area (Å²) >= 11 is 0. The van der Waals surface area contributed by atoms with Crippen LogP contribution in [0.3, 0.4) is 0 Å². The normalized spacial score (nSPS) is 12.2. The molecule has 2 aliphatic heterocycles. The first kappa shape index (κ1) is 43.7. The van der Waals surface area contributed by atoms with Crippen LogP contribution in [-0.2, 0) is 0 Å². The molecule has 0 aliphatic carbocycles. The van der Waals surface area contributed by atoms with Gasteiger partial charge in [-0.3, -0.25) is 0 Å². The molecule has 0 aromatic heterocycles. The average molecular weight is 921 g/mol. The fraction of sp³-hybridized carbons (Fsp3) is 0.0882. The van der Waals surface area contributed by atoms with E-state index in [1.807, 2.05) is 0 Å². The van der Waals surface area contributed by atoms with E-state index in [2.05, 4.69) is 270 Å². The van der Waals surface area contributed by atoms with Gasteiger partial charge in [0.2, 0.25) is 13.4 Å². The standard InChI is InChI=1S/C68H54B2N2/c1-43-35-45(3)65(46(4)36-43)69-61-33-21-19-31-53(61)55-39-57-59(41-63(55)69)67(71(49-23-11-7-12-24-49)50-25-13-8-14-26-50)58-40-56-54-32-20-22-34-62(54)70(66-47(5)37-44(2)38-48(66)6)64(56)42-60(58)68(57)72(51-27-15-9-16-28-51)52-29-17-10-18-30-52/h7-42H,1-6H3. The van der Waals surface area contributed by atoms with Gasteiger partial charge in [0.15, 0.2) is 0 Å². The third-order valence-electron chi connectivity index (χ3n) is 15.7. The molecule has 0 fully saturated rings. The Morgan fingerprint density at radius 1 is 0.264 bits per heavy atom. The first-order chi connectivity index (χ1) is 35.2. The minimum Gasteiger partial charge on any atom is -0.309 e. The maximum atomic E-state index is 2.60. The fourth-order valence-corrected chi connectivity index (χ4v) is 13.1. The molecular weight excluding hydrogens is 866 g/mol. The number of hydrogen-bond donors (Lipinski definition) is 0. The molecule has 2 heterocycles. The molecule has 0 amide bonds. The second kappa shape index (κ2) is 17.2. The van der Waals surface area contributed by atoms with Crippen molar-refractivity contribution in [3.8, 4) is 22.3 Å². The second-order valence-corrected chi connectivity index (χ2v) is 20.3. The van der Waals surface area contributed by atoms with Crippen molar-refractivity contribution in [3.63, 3.8) is 0 Å². The predicted molar refractivity (Wildman–Crippen MR) is 312 cm³/mol. The van der Waals surface area contributed by atoms with Gasteiger partial charge in [0.05, 0.1) is 11.4 Å². The Balaban J connectivity index is 1.26. The van der Waals surface area contributed by atoms with Crippen molar-refractivity contribution >= 4 is 102 Å². The molecule has 0 bridgehead atoms. The van der Waals surface area contributed by atoms with Crippen LogP contribution in [0.1, 0.15) is 33.4 Å². The highest BCUT2D eigenvalue weighted by Gasteiger charge is 2.40. The highest BCUT2D eigenvalue weighted by Crippen LogP contribution is 2.52. The molecule has 0 spiro atoms. The molecule has 72 heavy (non-hydrogen) atoms. The third-order valence-corrected chi connectivity index (χ3v) is 15.7. The predicted octanol–water partition coefficient (Wildman–Crippen LogP) is 13.8. The number of aryl methyl sites for hydroxylation is 6. The number of rotatable bonds is 8. The molecule has 0 saturated heterocycles. The quantitative estimate of drug-likeness (QED) is 0.0851. The zero-order valence-corrected chi connectivity index (χ0v) is 41.8. The summed E-state index contributed by atoms with van der Waals surface area (Å²) < 4.78 is 0. The Morgan fingerprint density at radius 2 is 0.542 bits per heavy atom. The Labute approximate surface area is 425 Å². The lowest BCUT2D eigenvalue weighted by Gasteiger charge is -2.34. The smallest absolute Gasteiger partial charge is 0.243 e. The number of benzene rings is 11. The van der Waals surface area contributed by atoms with Crippen LogP contribution in [0.2, 0.25) is 0 Å². The highest BCUT2D eigenvalue weighted by atomic mass is 15.2. The van der Waals surface area contributed by atoms with Crippen molar-refractivity contribution in [2.75, 3.05) is 9.80 Å². The molecule has 0 radical (unpaired) electrons. The van der Waals surface area contributed by atoms with E-state index in [4.69, 9.17) is 0 Å². The molecule has 2 aliphatic rings. The van der Waals surface area contributed by atoms with E-state index >= 15 is 0 Å². The minimum absolute atomic E-state index is 0.0584. The Bertz CT molecular complexity index is 3560. The number of hydrogen-bond acceptors (Lipinski definition) is 2.